The number of ether oxygens (including phenoxy) is 1. The van der Waals surface area contributed by atoms with E-state index in [1.54, 1.807) is 18.0 Å². The van der Waals surface area contributed by atoms with Gasteiger partial charge < -0.3 is 4.74 Å². The first-order valence-electron chi connectivity index (χ1n) is 10.3. The second-order valence-corrected chi connectivity index (χ2v) is 8.13. The molecule has 0 spiro atoms. The van der Waals surface area contributed by atoms with Gasteiger partial charge >= 0.3 is 0 Å². The summed E-state index contributed by atoms with van der Waals surface area (Å²) in [5.74, 6) is 1.33. The van der Waals surface area contributed by atoms with Gasteiger partial charge in [-0.25, -0.2) is 4.68 Å². The number of benzene rings is 2. The third-order valence-corrected chi connectivity index (χ3v) is 5.90. The smallest absolute Gasteiger partial charge is 0.261 e. The lowest BCUT2D eigenvalue weighted by molar-refractivity contribution is 0.102. The van der Waals surface area contributed by atoms with Gasteiger partial charge in [-0.2, -0.15) is 10.1 Å². The second kappa shape index (κ2) is 8.12. The minimum absolute atomic E-state index is 0.184. The number of aromatic nitrogens is 5. The van der Waals surface area contributed by atoms with E-state index in [1.165, 1.54) is 0 Å². The third kappa shape index (κ3) is 3.73. The van der Waals surface area contributed by atoms with E-state index in [4.69, 9.17) is 16.3 Å². The molecule has 2 heterocycles. The summed E-state index contributed by atoms with van der Waals surface area (Å²) in [6, 6.07) is 13.2. The normalized spacial score (nSPS) is 13.2. The molecule has 1 saturated carbocycles. The van der Waals surface area contributed by atoms with Gasteiger partial charge in [0.25, 0.3) is 5.91 Å². The molecule has 1 amide bonds. The molecule has 1 aliphatic rings. The van der Waals surface area contributed by atoms with Gasteiger partial charge in [-0.15, -0.1) is 5.10 Å². The van der Waals surface area contributed by atoms with Gasteiger partial charge in [-0.1, -0.05) is 29.8 Å². The van der Waals surface area contributed by atoms with Crippen LogP contribution in [0.2, 0.25) is 5.02 Å². The van der Waals surface area contributed by atoms with Crippen LogP contribution in [-0.4, -0.2) is 38.0 Å². The van der Waals surface area contributed by atoms with Crippen molar-refractivity contribution in [3.63, 3.8) is 0 Å². The van der Waals surface area contributed by atoms with Gasteiger partial charge in [0, 0.05) is 10.9 Å². The predicted molar refractivity (Wildman–Crippen MR) is 122 cm³/mol. The number of aromatic amines is 1. The molecule has 8 nitrogen and oxygen atoms in total. The maximum atomic E-state index is 13.1. The number of rotatable bonds is 6. The number of para-hydroxylation sites is 1. The molecule has 1 aliphatic carbocycles. The van der Waals surface area contributed by atoms with Crippen LogP contribution < -0.4 is 10.1 Å². The fraction of sp³-hybridized carbons (Fsp3) is 0.217. The van der Waals surface area contributed by atoms with Crippen molar-refractivity contribution in [3.8, 4) is 22.8 Å². The Bertz CT molecular complexity index is 1310. The first kappa shape index (κ1) is 20.3. The highest BCUT2D eigenvalue weighted by molar-refractivity contribution is 6.31. The quantitative estimate of drug-likeness (QED) is 0.443. The highest BCUT2D eigenvalue weighted by Crippen LogP contribution is 2.42. The Morgan fingerprint density at radius 2 is 2.06 bits per heavy atom. The molecule has 5 rings (SSSR count). The van der Waals surface area contributed by atoms with Crippen LogP contribution in [0.5, 0.6) is 5.75 Å². The zero-order chi connectivity index (χ0) is 22.2. The van der Waals surface area contributed by atoms with Crippen molar-refractivity contribution >= 4 is 23.5 Å². The number of methoxy groups -OCH3 is 1. The molecule has 0 atom stereocenters. The number of nitrogens with one attached hydrogen (secondary N) is 2. The summed E-state index contributed by atoms with van der Waals surface area (Å²) in [6.45, 7) is 1.95. The number of hydrogen-bond acceptors (Lipinski definition) is 5. The molecular formula is C23H21ClN6O2. The average molecular weight is 449 g/mol. The van der Waals surface area contributed by atoms with Crippen LogP contribution in [0, 0.1) is 6.92 Å². The van der Waals surface area contributed by atoms with Crippen LogP contribution >= 0.6 is 11.6 Å². The zero-order valence-corrected chi connectivity index (χ0v) is 18.3. The summed E-state index contributed by atoms with van der Waals surface area (Å²) in [4.78, 5) is 17.5. The summed E-state index contributed by atoms with van der Waals surface area (Å²) < 4.78 is 7.18. The van der Waals surface area contributed by atoms with E-state index in [-0.39, 0.29) is 17.8 Å². The Morgan fingerprint density at radius 1 is 1.25 bits per heavy atom. The Morgan fingerprint density at radius 3 is 2.81 bits per heavy atom. The number of carbonyl (C=O) groups is 1. The molecule has 2 N–H and O–H groups in total. The topological polar surface area (TPSA) is 97.7 Å². The van der Waals surface area contributed by atoms with Crippen molar-refractivity contribution in [3.05, 3.63) is 70.5 Å². The van der Waals surface area contributed by atoms with Crippen LogP contribution in [0.25, 0.3) is 17.1 Å². The van der Waals surface area contributed by atoms with Crippen molar-refractivity contribution in [2.75, 3.05) is 12.4 Å². The van der Waals surface area contributed by atoms with Gasteiger partial charge in [-0.3, -0.25) is 15.2 Å². The number of aryl methyl sites for hydroxylation is 1. The van der Waals surface area contributed by atoms with Gasteiger partial charge in [0.1, 0.15) is 5.75 Å². The molecule has 0 bridgehead atoms. The van der Waals surface area contributed by atoms with E-state index in [0.717, 1.165) is 35.3 Å². The molecular weight excluding hydrogens is 428 g/mol. The summed E-state index contributed by atoms with van der Waals surface area (Å²) in [5, 5.41) is 14.9. The minimum Gasteiger partial charge on any atom is -0.496 e. The highest BCUT2D eigenvalue weighted by Gasteiger charge is 2.33. The molecule has 9 heteroatoms. The van der Waals surface area contributed by atoms with Gasteiger partial charge in [0.05, 0.1) is 35.8 Å². The van der Waals surface area contributed by atoms with E-state index < -0.39 is 0 Å². The molecule has 0 aliphatic heterocycles. The summed E-state index contributed by atoms with van der Waals surface area (Å²) >= 11 is 6.31. The largest absolute Gasteiger partial charge is 0.496 e. The summed E-state index contributed by atoms with van der Waals surface area (Å²) in [7, 11) is 1.59. The fourth-order valence-corrected chi connectivity index (χ4v) is 3.82. The second-order valence-electron chi connectivity index (χ2n) is 7.73. The van der Waals surface area contributed by atoms with Gasteiger partial charge in [0.15, 0.2) is 5.82 Å². The molecule has 162 valence electrons. The zero-order valence-electron chi connectivity index (χ0n) is 17.6. The van der Waals surface area contributed by atoms with Crippen molar-refractivity contribution in [2.45, 2.75) is 25.7 Å². The summed E-state index contributed by atoms with van der Waals surface area (Å²) in [5.41, 5.74) is 3.96. The minimum atomic E-state index is -0.304. The fourth-order valence-electron chi connectivity index (χ4n) is 3.65. The predicted octanol–water partition coefficient (Wildman–Crippen LogP) is 4.76. The molecule has 2 aromatic carbocycles. The number of amides is 1. The molecule has 32 heavy (non-hydrogen) atoms. The van der Waals surface area contributed by atoms with E-state index >= 15 is 0 Å². The lowest BCUT2D eigenvalue weighted by Gasteiger charge is -2.10. The maximum absolute atomic E-state index is 13.1. The first-order valence-corrected chi connectivity index (χ1v) is 10.6. The molecule has 2 aromatic heterocycles. The third-order valence-electron chi connectivity index (χ3n) is 5.49. The SMILES string of the molecule is COc1ccccc1-c1nc(NC(=O)c2cnn(-c3ccc(C)c(Cl)c3)c2C2CC2)n[nH]1. The summed E-state index contributed by atoms with van der Waals surface area (Å²) in [6.07, 6.45) is 3.62. The highest BCUT2D eigenvalue weighted by atomic mass is 35.5. The lowest BCUT2D eigenvalue weighted by Crippen LogP contribution is -2.15. The first-order chi connectivity index (χ1) is 15.5. The molecule has 0 radical (unpaired) electrons. The number of H-pyrrole nitrogens is 1. The van der Waals surface area contributed by atoms with Gasteiger partial charge in [0.2, 0.25) is 5.95 Å². The van der Waals surface area contributed by atoms with Crippen molar-refractivity contribution in [1.29, 1.82) is 0 Å². The van der Waals surface area contributed by atoms with E-state index in [9.17, 15) is 4.79 Å². The van der Waals surface area contributed by atoms with Crippen LogP contribution in [0.1, 0.15) is 40.4 Å². The molecule has 0 unspecified atom stereocenters. The Kier molecular flexibility index (Phi) is 5.14. The molecule has 4 aromatic rings. The Balaban J connectivity index is 1.43. The van der Waals surface area contributed by atoms with Gasteiger partial charge in [-0.05, 0) is 49.6 Å². The van der Waals surface area contributed by atoms with Crippen LogP contribution in [0.4, 0.5) is 5.95 Å². The van der Waals surface area contributed by atoms with Crippen LogP contribution in [0.3, 0.4) is 0 Å². The van der Waals surface area contributed by atoms with E-state index in [0.29, 0.717) is 22.2 Å². The van der Waals surface area contributed by atoms with Crippen LogP contribution in [0.15, 0.2) is 48.7 Å². The number of anilines is 1. The lowest BCUT2D eigenvalue weighted by atomic mass is 10.1. The molecule has 1 fully saturated rings. The Hall–Kier alpha value is -3.65. The number of hydrogen-bond donors (Lipinski definition) is 2. The van der Waals surface area contributed by atoms with Crippen molar-refractivity contribution < 1.29 is 9.53 Å². The van der Waals surface area contributed by atoms with Crippen molar-refractivity contribution in [1.82, 2.24) is 25.0 Å². The average Bonchev–Trinajstić information content (AvgIpc) is 3.37. The number of nitrogens with zero attached hydrogens (tertiary/aromatic N) is 4. The van der Waals surface area contributed by atoms with Crippen LogP contribution in [-0.2, 0) is 0 Å². The Labute approximate surface area is 189 Å². The van der Waals surface area contributed by atoms with E-state index in [1.807, 2.05) is 49.4 Å². The molecule has 0 saturated heterocycles. The standard InChI is InChI=1S/C23H21ClN6O2/c1-13-7-10-15(11-18(13)24)30-20(14-8-9-14)17(12-25-30)22(31)27-23-26-21(28-29-23)16-5-3-4-6-19(16)32-2/h3-7,10-12,14H,8-9H2,1-2H3,(H2,26,27,28,29,31). The van der Waals surface area contributed by atoms with E-state index in [2.05, 4.69) is 25.6 Å². The number of carbonyl (C=O) groups excluding carboxylic acids is 1. The maximum Gasteiger partial charge on any atom is 0.261 e. The monoisotopic (exact) mass is 448 g/mol. The number of halogens is 1. The van der Waals surface area contributed by atoms with Crippen molar-refractivity contribution in [2.24, 2.45) is 0 Å².